The number of nitrogens with one attached hydrogen (secondary N) is 1. The average molecular weight is 333 g/mol. The smallest absolute Gasteiger partial charge is 0.326 e. The Kier molecular flexibility index (Phi) is 3.34. The summed E-state index contributed by atoms with van der Waals surface area (Å²) >= 11 is 5.97. The highest BCUT2D eigenvalue weighted by Crippen LogP contribution is 2.42. The van der Waals surface area contributed by atoms with Crippen LogP contribution in [-0.4, -0.2) is 39.5 Å². The Morgan fingerprint density at radius 2 is 2.09 bits per heavy atom. The molecule has 2 aromatic rings. The number of rotatable bonds is 2. The lowest BCUT2D eigenvalue weighted by Crippen LogP contribution is -2.43. The molecule has 23 heavy (non-hydrogen) atoms. The zero-order valence-corrected chi connectivity index (χ0v) is 13.2. The second-order valence-corrected chi connectivity index (χ2v) is 6.95. The Balaban J connectivity index is 1.68. The molecule has 2 heterocycles. The molecule has 1 saturated carbocycles. The van der Waals surface area contributed by atoms with E-state index in [0.717, 1.165) is 30.2 Å². The van der Waals surface area contributed by atoms with Crippen LogP contribution in [-0.2, 0) is 4.79 Å². The molecule has 1 aliphatic heterocycles. The second-order valence-electron chi connectivity index (χ2n) is 6.51. The Morgan fingerprint density at radius 3 is 2.87 bits per heavy atom. The van der Waals surface area contributed by atoms with Crippen LogP contribution in [0.15, 0.2) is 24.3 Å². The molecule has 1 aromatic carbocycles. The highest BCUT2D eigenvalue weighted by atomic mass is 35.5. The molecule has 0 spiro atoms. The number of hydrogen-bond donors (Lipinski definition) is 2. The predicted octanol–water partition coefficient (Wildman–Crippen LogP) is 3.15. The van der Waals surface area contributed by atoms with Gasteiger partial charge in [0.2, 0.25) is 0 Å². The van der Waals surface area contributed by atoms with Gasteiger partial charge in [0.25, 0.3) is 5.91 Å². The van der Waals surface area contributed by atoms with Crippen molar-refractivity contribution in [1.29, 1.82) is 0 Å². The topological polar surface area (TPSA) is 73.4 Å². The fraction of sp³-hybridized carbons (Fsp3) is 0.412. The Labute approximate surface area is 138 Å². The number of carboxylic acids is 1. The van der Waals surface area contributed by atoms with Gasteiger partial charge < -0.3 is 15.0 Å². The highest BCUT2D eigenvalue weighted by molar-refractivity contribution is 6.31. The van der Waals surface area contributed by atoms with Crippen molar-refractivity contribution in [3.63, 3.8) is 0 Å². The van der Waals surface area contributed by atoms with Crippen LogP contribution in [0.5, 0.6) is 0 Å². The number of H-pyrrole nitrogens is 1. The van der Waals surface area contributed by atoms with Gasteiger partial charge in [0, 0.05) is 22.5 Å². The summed E-state index contributed by atoms with van der Waals surface area (Å²) in [7, 11) is 0. The molecular weight excluding hydrogens is 316 g/mol. The van der Waals surface area contributed by atoms with E-state index in [1.54, 1.807) is 18.2 Å². The van der Waals surface area contributed by atoms with E-state index in [1.807, 2.05) is 6.07 Å². The minimum atomic E-state index is -0.896. The van der Waals surface area contributed by atoms with Gasteiger partial charge in [0.15, 0.2) is 0 Å². The molecule has 6 heteroatoms. The minimum absolute atomic E-state index is 0.0928. The Morgan fingerprint density at radius 1 is 1.26 bits per heavy atom. The van der Waals surface area contributed by atoms with Crippen LogP contribution in [0.2, 0.25) is 5.02 Å². The van der Waals surface area contributed by atoms with Gasteiger partial charge in [-0.15, -0.1) is 0 Å². The number of amides is 1. The summed E-state index contributed by atoms with van der Waals surface area (Å²) < 4.78 is 0. The first kappa shape index (κ1) is 14.6. The molecule has 0 radical (unpaired) electrons. The van der Waals surface area contributed by atoms with Crippen LogP contribution in [0, 0.1) is 11.8 Å². The van der Waals surface area contributed by atoms with Gasteiger partial charge in [0.1, 0.15) is 11.7 Å². The van der Waals surface area contributed by atoms with Crippen LogP contribution in [0.1, 0.15) is 29.8 Å². The van der Waals surface area contributed by atoms with Crippen LogP contribution in [0.4, 0.5) is 0 Å². The predicted molar refractivity (Wildman–Crippen MR) is 86.6 cm³/mol. The molecular formula is C17H17ClN2O3. The van der Waals surface area contributed by atoms with E-state index >= 15 is 0 Å². The maximum Gasteiger partial charge on any atom is 0.326 e. The van der Waals surface area contributed by atoms with E-state index < -0.39 is 12.0 Å². The van der Waals surface area contributed by atoms with Crippen molar-refractivity contribution < 1.29 is 14.7 Å². The molecule has 3 atom stereocenters. The summed E-state index contributed by atoms with van der Waals surface area (Å²) in [5.74, 6) is -0.722. The van der Waals surface area contributed by atoms with Gasteiger partial charge in [-0.1, -0.05) is 24.1 Å². The third kappa shape index (κ3) is 2.30. The molecule has 5 nitrogen and oxygen atoms in total. The Hall–Kier alpha value is -2.01. The SMILES string of the molecule is O=C(O)C1C2CCCC2CN1C(=O)c1cc2ccc(Cl)cc2[nH]1. The first-order chi connectivity index (χ1) is 11.0. The molecule has 0 bridgehead atoms. The van der Waals surface area contributed by atoms with E-state index in [0.29, 0.717) is 23.2 Å². The van der Waals surface area contributed by atoms with E-state index in [1.165, 1.54) is 4.90 Å². The van der Waals surface area contributed by atoms with Gasteiger partial charge in [-0.3, -0.25) is 4.79 Å². The van der Waals surface area contributed by atoms with Crippen molar-refractivity contribution in [2.24, 2.45) is 11.8 Å². The second kappa shape index (κ2) is 5.27. The number of aromatic amines is 1. The molecule has 2 N–H and O–H groups in total. The van der Waals surface area contributed by atoms with E-state index in [9.17, 15) is 14.7 Å². The highest BCUT2D eigenvalue weighted by Gasteiger charge is 2.49. The summed E-state index contributed by atoms with van der Waals surface area (Å²) in [5.41, 5.74) is 1.21. The Bertz CT molecular complexity index is 800. The number of aromatic nitrogens is 1. The summed E-state index contributed by atoms with van der Waals surface area (Å²) in [4.78, 5) is 29.1. The quantitative estimate of drug-likeness (QED) is 0.887. The van der Waals surface area contributed by atoms with E-state index in [2.05, 4.69) is 4.98 Å². The monoisotopic (exact) mass is 332 g/mol. The summed E-state index contributed by atoms with van der Waals surface area (Å²) in [6.45, 7) is 0.538. The van der Waals surface area contributed by atoms with Crippen molar-refractivity contribution in [3.05, 3.63) is 35.0 Å². The first-order valence-corrected chi connectivity index (χ1v) is 8.24. The molecule has 2 fully saturated rings. The summed E-state index contributed by atoms with van der Waals surface area (Å²) in [6.07, 6.45) is 2.97. The van der Waals surface area contributed by atoms with Crippen molar-refractivity contribution in [2.45, 2.75) is 25.3 Å². The fourth-order valence-electron chi connectivity index (χ4n) is 4.20. The number of benzene rings is 1. The van der Waals surface area contributed by atoms with Crippen molar-refractivity contribution in [3.8, 4) is 0 Å². The van der Waals surface area contributed by atoms with Gasteiger partial charge in [0.05, 0.1) is 0 Å². The lowest BCUT2D eigenvalue weighted by Gasteiger charge is -2.23. The maximum absolute atomic E-state index is 12.8. The third-order valence-electron chi connectivity index (χ3n) is 5.22. The summed E-state index contributed by atoms with van der Waals surface area (Å²) in [5, 5.41) is 11.1. The fourth-order valence-corrected chi connectivity index (χ4v) is 4.37. The largest absolute Gasteiger partial charge is 0.480 e. The molecule has 4 rings (SSSR count). The number of nitrogens with zero attached hydrogens (tertiary/aromatic N) is 1. The molecule has 2 aliphatic rings. The van der Waals surface area contributed by atoms with Gasteiger partial charge in [-0.2, -0.15) is 0 Å². The van der Waals surface area contributed by atoms with Crippen LogP contribution < -0.4 is 0 Å². The molecule has 1 amide bonds. The molecule has 1 aliphatic carbocycles. The van der Waals surface area contributed by atoms with E-state index in [4.69, 9.17) is 11.6 Å². The van der Waals surface area contributed by atoms with Gasteiger partial charge in [-0.05, 0) is 42.9 Å². The lowest BCUT2D eigenvalue weighted by molar-refractivity contribution is -0.142. The minimum Gasteiger partial charge on any atom is -0.480 e. The molecule has 120 valence electrons. The molecule has 1 aromatic heterocycles. The zero-order chi connectivity index (χ0) is 16.1. The number of carbonyl (C=O) groups is 2. The number of carboxylic acid groups (broad SMARTS) is 1. The van der Waals surface area contributed by atoms with Crippen LogP contribution in [0.3, 0.4) is 0 Å². The standard InChI is InChI=1S/C17H17ClN2O3/c18-11-5-4-9-6-14(19-13(9)7-11)16(21)20-8-10-2-1-3-12(10)15(20)17(22)23/h4-7,10,12,15,19H,1-3,8H2,(H,22,23). The number of aliphatic carboxylic acids is 1. The summed E-state index contributed by atoms with van der Waals surface area (Å²) in [6, 6.07) is 6.44. The number of fused-ring (bicyclic) bond motifs is 2. The molecule has 1 saturated heterocycles. The lowest BCUT2D eigenvalue weighted by atomic mass is 9.94. The molecule has 3 unspecified atom stereocenters. The van der Waals surface area contributed by atoms with Crippen molar-refractivity contribution >= 4 is 34.4 Å². The normalized spacial score (nSPS) is 26.7. The zero-order valence-electron chi connectivity index (χ0n) is 12.5. The van der Waals surface area contributed by atoms with Crippen molar-refractivity contribution in [2.75, 3.05) is 6.54 Å². The van der Waals surface area contributed by atoms with Gasteiger partial charge >= 0.3 is 5.97 Å². The van der Waals surface area contributed by atoms with Gasteiger partial charge in [-0.25, -0.2) is 4.79 Å². The first-order valence-electron chi connectivity index (χ1n) is 7.86. The van der Waals surface area contributed by atoms with E-state index in [-0.39, 0.29) is 11.8 Å². The van der Waals surface area contributed by atoms with Crippen LogP contribution in [0.25, 0.3) is 10.9 Å². The van der Waals surface area contributed by atoms with Crippen molar-refractivity contribution in [1.82, 2.24) is 9.88 Å². The number of likely N-dealkylation sites (tertiary alicyclic amines) is 1. The maximum atomic E-state index is 12.8. The number of carbonyl (C=O) groups excluding carboxylic acids is 1. The number of hydrogen-bond acceptors (Lipinski definition) is 2. The third-order valence-corrected chi connectivity index (χ3v) is 5.45. The average Bonchev–Trinajstić information content (AvgIpc) is 3.18. The van der Waals surface area contributed by atoms with Crippen LogP contribution >= 0.6 is 11.6 Å². The number of halogens is 1.